The molecular formula is C34H33F2N5O3. The van der Waals surface area contributed by atoms with Gasteiger partial charge < -0.3 is 25.1 Å². The molecule has 5 rings (SSSR count). The van der Waals surface area contributed by atoms with Crippen LogP contribution in [-0.4, -0.2) is 60.0 Å². The van der Waals surface area contributed by atoms with E-state index >= 15 is 0 Å². The zero-order chi connectivity index (χ0) is 30.7. The van der Waals surface area contributed by atoms with Gasteiger partial charge in [0.25, 0.3) is 5.91 Å². The molecule has 0 aliphatic carbocycles. The van der Waals surface area contributed by atoms with E-state index in [-0.39, 0.29) is 17.5 Å². The van der Waals surface area contributed by atoms with Crippen molar-refractivity contribution < 1.29 is 23.0 Å². The van der Waals surface area contributed by atoms with Crippen LogP contribution in [0, 0.1) is 11.6 Å². The largest absolute Gasteiger partial charge is 0.378 e. The molecule has 0 saturated heterocycles. The molecule has 5 aromatic rings. The number of benzene rings is 3. The monoisotopic (exact) mass is 597 g/mol. The third-order valence-corrected chi connectivity index (χ3v) is 6.85. The van der Waals surface area contributed by atoms with E-state index in [1.807, 2.05) is 28.8 Å². The fraction of sp³-hybridized carbons (Fsp3) is 0.206. The Hall–Kier alpha value is -4.77. The van der Waals surface area contributed by atoms with Crippen LogP contribution < -0.4 is 11.1 Å². The Labute approximate surface area is 254 Å². The summed E-state index contributed by atoms with van der Waals surface area (Å²) in [6, 6.07) is 23.4. The molecule has 0 spiro atoms. The molecule has 10 heteroatoms. The number of nitrogens with one attached hydrogen (secondary N) is 1. The smallest absolute Gasteiger partial charge is 0.251 e. The number of nitrogens with zero attached hydrogens (tertiary/aromatic N) is 3. The second kappa shape index (κ2) is 15.1. The van der Waals surface area contributed by atoms with Crippen LogP contribution in [0.4, 0.5) is 8.78 Å². The molecule has 3 N–H and O–H groups in total. The first-order chi connectivity index (χ1) is 21.5. The molecule has 8 nitrogen and oxygen atoms in total. The Kier molecular flexibility index (Phi) is 10.5. The lowest BCUT2D eigenvalue weighted by molar-refractivity contribution is 0.0511. The lowest BCUT2D eigenvalue weighted by Crippen LogP contribution is -2.27. The van der Waals surface area contributed by atoms with Gasteiger partial charge in [-0.1, -0.05) is 12.1 Å². The Morgan fingerprint density at radius 2 is 1.45 bits per heavy atom. The highest BCUT2D eigenvalue weighted by molar-refractivity contribution is 5.94. The predicted molar refractivity (Wildman–Crippen MR) is 165 cm³/mol. The van der Waals surface area contributed by atoms with Crippen molar-refractivity contribution in [2.45, 2.75) is 6.54 Å². The first kappa shape index (κ1) is 30.7. The average Bonchev–Trinajstić information content (AvgIpc) is 3.42. The number of hydrogen-bond donors (Lipinski definition) is 2. The van der Waals surface area contributed by atoms with Crippen LogP contribution in [0.5, 0.6) is 0 Å². The van der Waals surface area contributed by atoms with E-state index in [9.17, 15) is 13.6 Å². The van der Waals surface area contributed by atoms with E-state index < -0.39 is 0 Å². The number of ether oxygens (including phenoxy) is 2. The van der Waals surface area contributed by atoms with Crippen molar-refractivity contribution in [2.75, 3.05) is 39.5 Å². The van der Waals surface area contributed by atoms with Crippen molar-refractivity contribution in [1.29, 1.82) is 0 Å². The molecule has 0 aliphatic heterocycles. The zero-order valence-electron chi connectivity index (χ0n) is 24.1. The highest BCUT2D eigenvalue weighted by Gasteiger charge is 2.22. The number of hydrogen-bond acceptors (Lipinski definition) is 6. The SMILES string of the molecule is NCCOCCOCCNC(=O)c1ccc(Cn2c(-c3cccnc3)nc(-c3ccc(F)cc3)c2-c2ccc(F)cc2)cc1. The molecule has 3 aromatic carbocycles. The topological polar surface area (TPSA) is 104 Å². The average molecular weight is 598 g/mol. The van der Waals surface area contributed by atoms with Gasteiger partial charge in [-0.2, -0.15) is 0 Å². The number of amides is 1. The van der Waals surface area contributed by atoms with E-state index in [1.165, 1.54) is 24.3 Å². The van der Waals surface area contributed by atoms with E-state index in [0.717, 1.165) is 22.4 Å². The summed E-state index contributed by atoms with van der Waals surface area (Å²) in [7, 11) is 0. The minimum atomic E-state index is -0.354. The van der Waals surface area contributed by atoms with Gasteiger partial charge >= 0.3 is 0 Å². The Bertz CT molecular complexity index is 1640. The molecule has 0 aliphatic rings. The molecule has 226 valence electrons. The number of carbonyl (C=O) groups is 1. The van der Waals surface area contributed by atoms with Crippen LogP contribution in [0.3, 0.4) is 0 Å². The van der Waals surface area contributed by atoms with Crippen molar-refractivity contribution in [3.05, 3.63) is 120 Å². The summed E-state index contributed by atoms with van der Waals surface area (Å²) in [5.74, 6) is -0.267. The molecular weight excluding hydrogens is 564 g/mol. The van der Waals surface area contributed by atoms with E-state index in [0.29, 0.717) is 68.7 Å². The van der Waals surface area contributed by atoms with Crippen LogP contribution in [0.15, 0.2) is 97.3 Å². The van der Waals surface area contributed by atoms with E-state index in [4.69, 9.17) is 20.2 Å². The number of nitrogens with two attached hydrogens (primary N) is 1. The Morgan fingerprint density at radius 1 is 0.795 bits per heavy atom. The first-order valence-corrected chi connectivity index (χ1v) is 14.3. The summed E-state index contributed by atoms with van der Waals surface area (Å²) >= 11 is 0. The molecule has 0 radical (unpaired) electrons. The number of aromatic nitrogens is 3. The van der Waals surface area contributed by atoms with Crippen molar-refractivity contribution in [2.24, 2.45) is 5.73 Å². The molecule has 0 atom stereocenters. The maximum absolute atomic E-state index is 13.9. The van der Waals surface area contributed by atoms with Gasteiger partial charge in [0, 0.05) is 54.3 Å². The lowest BCUT2D eigenvalue weighted by atomic mass is 10.0. The third kappa shape index (κ3) is 7.78. The summed E-state index contributed by atoms with van der Waals surface area (Å²) in [5, 5.41) is 2.86. The number of imidazole rings is 1. The molecule has 0 bridgehead atoms. The zero-order valence-corrected chi connectivity index (χ0v) is 24.1. The molecule has 0 unspecified atom stereocenters. The summed E-state index contributed by atoms with van der Waals surface area (Å²) in [4.78, 5) is 22.0. The number of carbonyl (C=O) groups excluding carboxylic acids is 1. The quantitative estimate of drug-likeness (QED) is 0.168. The van der Waals surface area contributed by atoms with Gasteiger partial charge in [0.1, 0.15) is 17.5 Å². The fourth-order valence-corrected chi connectivity index (χ4v) is 4.72. The number of pyridine rings is 1. The van der Waals surface area contributed by atoms with Gasteiger partial charge in [0.05, 0.1) is 37.8 Å². The van der Waals surface area contributed by atoms with E-state index in [2.05, 4.69) is 10.3 Å². The third-order valence-electron chi connectivity index (χ3n) is 6.85. The summed E-state index contributed by atoms with van der Waals surface area (Å²) in [6.07, 6.45) is 3.42. The minimum absolute atomic E-state index is 0.205. The summed E-state index contributed by atoms with van der Waals surface area (Å²) < 4.78 is 40.5. The standard InChI is InChI=1S/C34H33F2N5O3/c35-29-11-7-25(8-12-29)31-32(26-9-13-30(36)14-10-26)41(33(40-31)28-2-1-16-38-22-28)23-24-3-5-27(6-4-24)34(42)39-17-19-44-21-20-43-18-15-37/h1-14,16,22H,15,17-21,23,37H2,(H,39,42). The van der Waals surface area contributed by atoms with Crippen LogP contribution in [-0.2, 0) is 16.0 Å². The highest BCUT2D eigenvalue weighted by atomic mass is 19.1. The maximum Gasteiger partial charge on any atom is 0.251 e. The van der Waals surface area contributed by atoms with Gasteiger partial charge in [-0.05, 0) is 78.4 Å². The van der Waals surface area contributed by atoms with Gasteiger partial charge in [0.2, 0.25) is 0 Å². The number of rotatable bonds is 14. The molecule has 44 heavy (non-hydrogen) atoms. The van der Waals surface area contributed by atoms with Crippen LogP contribution in [0.25, 0.3) is 33.9 Å². The minimum Gasteiger partial charge on any atom is -0.378 e. The molecule has 2 heterocycles. The normalized spacial score (nSPS) is 11.1. The highest BCUT2D eigenvalue weighted by Crippen LogP contribution is 2.37. The van der Waals surface area contributed by atoms with Crippen molar-refractivity contribution in [1.82, 2.24) is 19.9 Å². The Morgan fingerprint density at radius 3 is 2.09 bits per heavy atom. The van der Waals surface area contributed by atoms with Gasteiger partial charge in [0.15, 0.2) is 0 Å². The summed E-state index contributed by atoms with van der Waals surface area (Å²) in [6.45, 7) is 2.99. The van der Waals surface area contributed by atoms with Crippen molar-refractivity contribution >= 4 is 5.91 Å². The van der Waals surface area contributed by atoms with Crippen molar-refractivity contribution in [3.63, 3.8) is 0 Å². The molecule has 1 amide bonds. The van der Waals surface area contributed by atoms with Crippen LogP contribution >= 0.6 is 0 Å². The van der Waals surface area contributed by atoms with Crippen molar-refractivity contribution in [3.8, 4) is 33.9 Å². The van der Waals surface area contributed by atoms with Gasteiger partial charge in [-0.25, -0.2) is 13.8 Å². The second-order valence-corrected chi connectivity index (χ2v) is 9.94. The predicted octanol–water partition coefficient (Wildman–Crippen LogP) is 5.33. The second-order valence-electron chi connectivity index (χ2n) is 9.94. The number of halogens is 2. The summed E-state index contributed by atoms with van der Waals surface area (Å²) in [5.41, 5.74) is 10.4. The molecule has 2 aromatic heterocycles. The van der Waals surface area contributed by atoms with Gasteiger partial charge in [-0.3, -0.25) is 9.78 Å². The fourth-order valence-electron chi connectivity index (χ4n) is 4.72. The van der Waals surface area contributed by atoms with E-state index in [1.54, 1.807) is 48.8 Å². The Balaban J connectivity index is 1.41. The van der Waals surface area contributed by atoms with Crippen LogP contribution in [0.2, 0.25) is 0 Å². The lowest BCUT2D eigenvalue weighted by Gasteiger charge is -2.14. The first-order valence-electron chi connectivity index (χ1n) is 14.3. The molecule has 0 fully saturated rings. The molecule has 0 saturated carbocycles. The maximum atomic E-state index is 13.9. The van der Waals surface area contributed by atoms with Gasteiger partial charge in [-0.15, -0.1) is 0 Å². The van der Waals surface area contributed by atoms with Crippen LogP contribution in [0.1, 0.15) is 15.9 Å².